The first-order valence-corrected chi connectivity index (χ1v) is 8.29. The minimum atomic E-state index is 0.167. The number of carbonyl (C=O) groups excluding carboxylic acids is 1. The van der Waals surface area contributed by atoms with Gasteiger partial charge < -0.3 is 10.2 Å². The quantitative estimate of drug-likeness (QED) is 0.744. The third kappa shape index (κ3) is 3.62. The van der Waals surface area contributed by atoms with Crippen LogP contribution in [0.5, 0.6) is 0 Å². The molecule has 5 heteroatoms. The van der Waals surface area contributed by atoms with Crippen LogP contribution in [-0.4, -0.2) is 72.5 Å². The van der Waals surface area contributed by atoms with Gasteiger partial charge in [-0.15, -0.1) is 0 Å². The summed E-state index contributed by atoms with van der Waals surface area (Å²) in [5.74, 6) is 2.70. The molecule has 104 valence electrons. The van der Waals surface area contributed by atoms with E-state index in [1.165, 1.54) is 12.2 Å². The van der Waals surface area contributed by atoms with E-state index in [9.17, 15) is 4.79 Å². The fourth-order valence-corrected chi connectivity index (χ4v) is 3.45. The monoisotopic (exact) mass is 271 g/mol. The molecule has 0 aromatic heterocycles. The lowest BCUT2D eigenvalue weighted by Crippen LogP contribution is -2.52. The van der Waals surface area contributed by atoms with Gasteiger partial charge in [0, 0.05) is 38.5 Å². The molecule has 2 fully saturated rings. The third-order valence-corrected chi connectivity index (χ3v) is 4.68. The van der Waals surface area contributed by atoms with Gasteiger partial charge in [0.1, 0.15) is 0 Å². The topological polar surface area (TPSA) is 35.6 Å². The Hall–Kier alpha value is -0.260. The largest absolute Gasteiger partial charge is 0.339 e. The Balaban J connectivity index is 1.83. The van der Waals surface area contributed by atoms with Gasteiger partial charge in [-0.3, -0.25) is 9.69 Å². The smallest absolute Gasteiger partial charge is 0.240 e. The van der Waals surface area contributed by atoms with Crippen LogP contribution in [0.15, 0.2) is 0 Å². The molecule has 2 heterocycles. The minimum Gasteiger partial charge on any atom is -0.339 e. The Morgan fingerprint density at radius 1 is 1.33 bits per heavy atom. The van der Waals surface area contributed by atoms with E-state index in [0.29, 0.717) is 5.91 Å². The summed E-state index contributed by atoms with van der Waals surface area (Å²) in [6.07, 6.45) is 2.23. The lowest BCUT2D eigenvalue weighted by atomic mass is 10.2. The maximum Gasteiger partial charge on any atom is 0.240 e. The fourth-order valence-electron chi connectivity index (χ4n) is 2.80. The van der Waals surface area contributed by atoms with Gasteiger partial charge in [-0.05, 0) is 25.1 Å². The van der Waals surface area contributed by atoms with Crippen molar-refractivity contribution in [2.75, 3.05) is 50.8 Å². The van der Waals surface area contributed by atoms with Crippen LogP contribution in [0.25, 0.3) is 0 Å². The van der Waals surface area contributed by atoms with Gasteiger partial charge in [0.15, 0.2) is 0 Å². The zero-order valence-electron chi connectivity index (χ0n) is 11.4. The minimum absolute atomic E-state index is 0.167. The maximum absolute atomic E-state index is 12.5. The summed E-state index contributed by atoms with van der Waals surface area (Å²) in [5.41, 5.74) is 0. The predicted molar refractivity (Wildman–Crippen MR) is 77.0 cm³/mol. The number of nitrogens with zero attached hydrogens (tertiary/aromatic N) is 2. The fraction of sp³-hybridized carbons (Fsp3) is 0.923. The molecule has 2 aliphatic rings. The number of hydrogen-bond acceptors (Lipinski definition) is 4. The van der Waals surface area contributed by atoms with Crippen LogP contribution in [0.2, 0.25) is 0 Å². The van der Waals surface area contributed by atoms with Crippen LogP contribution in [0, 0.1) is 0 Å². The second kappa shape index (κ2) is 7.36. The highest BCUT2D eigenvalue weighted by molar-refractivity contribution is 7.99. The van der Waals surface area contributed by atoms with Crippen LogP contribution in [0.3, 0.4) is 0 Å². The molecule has 4 nitrogen and oxygen atoms in total. The number of carbonyl (C=O) groups is 1. The number of amides is 1. The number of nitrogens with one attached hydrogen (secondary N) is 1. The van der Waals surface area contributed by atoms with Crippen molar-refractivity contribution < 1.29 is 4.79 Å². The Morgan fingerprint density at radius 3 is 2.83 bits per heavy atom. The lowest BCUT2D eigenvalue weighted by molar-refractivity contribution is -0.136. The van der Waals surface area contributed by atoms with Gasteiger partial charge in [0.05, 0.1) is 6.04 Å². The van der Waals surface area contributed by atoms with Crippen LogP contribution >= 0.6 is 11.8 Å². The Morgan fingerprint density at radius 2 is 2.11 bits per heavy atom. The van der Waals surface area contributed by atoms with Gasteiger partial charge in [-0.1, -0.05) is 6.92 Å². The molecule has 0 spiro atoms. The van der Waals surface area contributed by atoms with E-state index in [1.807, 2.05) is 16.7 Å². The first kappa shape index (κ1) is 14.2. The second-order valence-corrected chi connectivity index (χ2v) is 6.36. The highest BCUT2D eigenvalue weighted by Gasteiger charge is 2.33. The standard InChI is InChI=1S/C13H25N3OS/c1-2-18-11-10-15-7-3-4-12(15)13(17)16-8-5-14-6-9-16/h12,14H,2-11H2,1H3. The van der Waals surface area contributed by atoms with E-state index in [1.54, 1.807) is 0 Å². The van der Waals surface area contributed by atoms with Crippen molar-refractivity contribution in [3.8, 4) is 0 Å². The van der Waals surface area contributed by atoms with Gasteiger partial charge in [-0.2, -0.15) is 11.8 Å². The normalized spacial score (nSPS) is 25.6. The molecule has 1 unspecified atom stereocenters. The summed E-state index contributed by atoms with van der Waals surface area (Å²) in [4.78, 5) is 16.9. The molecule has 0 bridgehead atoms. The van der Waals surface area contributed by atoms with Crippen LogP contribution in [0.4, 0.5) is 0 Å². The van der Waals surface area contributed by atoms with E-state index in [-0.39, 0.29) is 6.04 Å². The molecule has 0 saturated carbocycles. The van der Waals surface area contributed by atoms with Crippen molar-refractivity contribution in [2.45, 2.75) is 25.8 Å². The lowest BCUT2D eigenvalue weighted by Gasteiger charge is -2.32. The number of piperazine rings is 1. The predicted octanol–water partition coefficient (Wildman–Crippen LogP) is 0.636. The molecule has 2 saturated heterocycles. The van der Waals surface area contributed by atoms with Gasteiger partial charge >= 0.3 is 0 Å². The first-order valence-electron chi connectivity index (χ1n) is 7.14. The van der Waals surface area contributed by atoms with Crippen LogP contribution in [-0.2, 0) is 4.79 Å². The molecule has 0 aromatic carbocycles. The van der Waals surface area contributed by atoms with Crippen LogP contribution < -0.4 is 5.32 Å². The van der Waals surface area contributed by atoms with E-state index in [2.05, 4.69) is 17.1 Å². The summed E-state index contributed by atoms with van der Waals surface area (Å²) in [6.45, 7) is 8.03. The average molecular weight is 271 g/mol. The number of thioether (sulfide) groups is 1. The summed E-state index contributed by atoms with van der Waals surface area (Å²) < 4.78 is 0. The Labute approximate surface area is 114 Å². The summed E-state index contributed by atoms with van der Waals surface area (Å²) >= 11 is 1.97. The number of likely N-dealkylation sites (tertiary alicyclic amines) is 1. The zero-order valence-corrected chi connectivity index (χ0v) is 12.2. The first-order chi connectivity index (χ1) is 8.83. The summed E-state index contributed by atoms with van der Waals surface area (Å²) in [5, 5.41) is 3.30. The van der Waals surface area contributed by atoms with Crippen molar-refractivity contribution in [3.63, 3.8) is 0 Å². The average Bonchev–Trinajstić information content (AvgIpc) is 2.88. The third-order valence-electron chi connectivity index (χ3n) is 3.80. The number of hydrogen-bond donors (Lipinski definition) is 1. The molecule has 2 aliphatic heterocycles. The maximum atomic E-state index is 12.5. The van der Waals surface area contributed by atoms with Crippen molar-refractivity contribution in [1.82, 2.24) is 15.1 Å². The van der Waals surface area contributed by atoms with E-state index < -0.39 is 0 Å². The summed E-state index contributed by atoms with van der Waals surface area (Å²) in [6, 6.07) is 0.167. The molecule has 18 heavy (non-hydrogen) atoms. The molecule has 0 radical (unpaired) electrons. The molecule has 1 N–H and O–H groups in total. The van der Waals surface area contributed by atoms with E-state index in [0.717, 1.165) is 51.4 Å². The summed E-state index contributed by atoms with van der Waals surface area (Å²) in [7, 11) is 0. The molecule has 2 rings (SSSR count). The molecule has 0 aromatic rings. The second-order valence-electron chi connectivity index (χ2n) is 4.97. The molecular formula is C13H25N3OS. The molecule has 1 amide bonds. The van der Waals surface area contributed by atoms with Gasteiger partial charge in [-0.25, -0.2) is 0 Å². The van der Waals surface area contributed by atoms with Crippen molar-refractivity contribution >= 4 is 17.7 Å². The van der Waals surface area contributed by atoms with Gasteiger partial charge in [0.2, 0.25) is 5.91 Å². The SMILES string of the molecule is CCSCCN1CCCC1C(=O)N1CCNCC1. The van der Waals surface area contributed by atoms with Crippen LogP contribution in [0.1, 0.15) is 19.8 Å². The molecule has 0 aliphatic carbocycles. The Kier molecular flexibility index (Phi) is 5.79. The van der Waals surface area contributed by atoms with E-state index >= 15 is 0 Å². The highest BCUT2D eigenvalue weighted by atomic mass is 32.2. The zero-order chi connectivity index (χ0) is 12.8. The van der Waals surface area contributed by atoms with Crippen molar-refractivity contribution in [3.05, 3.63) is 0 Å². The molecular weight excluding hydrogens is 246 g/mol. The Bertz CT molecular complexity index is 269. The van der Waals surface area contributed by atoms with E-state index in [4.69, 9.17) is 0 Å². The van der Waals surface area contributed by atoms with Crippen molar-refractivity contribution in [1.29, 1.82) is 0 Å². The van der Waals surface area contributed by atoms with Crippen molar-refractivity contribution in [2.24, 2.45) is 0 Å². The van der Waals surface area contributed by atoms with Gasteiger partial charge in [0.25, 0.3) is 0 Å². The molecule has 1 atom stereocenters. The number of rotatable bonds is 5. The highest BCUT2D eigenvalue weighted by Crippen LogP contribution is 2.20.